The van der Waals surface area contributed by atoms with Crippen LogP contribution in [0.3, 0.4) is 0 Å². The molecule has 2 N–H and O–H groups in total. The van der Waals surface area contributed by atoms with Gasteiger partial charge < -0.3 is 5.73 Å². The van der Waals surface area contributed by atoms with Gasteiger partial charge in [0.2, 0.25) is 0 Å². The first-order chi connectivity index (χ1) is 8.58. The van der Waals surface area contributed by atoms with E-state index in [1.54, 1.807) is 0 Å². The van der Waals surface area contributed by atoms with Gasteiger partial charge in [0.15, 0.2) is 0 Å². The lowest BCUT2D eigenvalue weighted by Gasteiger charge is -2.24. The molecule has 4 heteroatoms. The Morgan fingerprint density at radius 1 is 1.39 bits per heavy atom. The van der Waals surface area contributed by atoms with Crippen molar-refractivity contribution in [1.82, 2.24) is 9.78 Å². The first-order valence-corrected chi connectivity index (χ1v) is 7.80. The van der Waals surface area contributed by atoms with E-state index in [4.69, 9.17) is 5.73 Å². The molecule has 0 aliphatic heterocycles. The maximum Gasteiger partial charge on any atom is 0.0738 e. The average molecular weight is 314 g/mol. The van der Waals surface area contributed by atoms with Gasteiger partial charge in [0.1, 0.15) is 0 Å². The van der Waals surface area contributed by atoms with Crippen LogP contribution in [0.15, 0.2) is 4.47 Å². The van der Waals surface area contributed by atoms with Crippen molar-refractivity contribution in [3.63, 3.8) is 0 Å². The molecule has 0 bridgehead atoms. The summed E-state index contributed by atoms with van der Waals surface area (Å²) in [5, 5.41) is 4.42. The van der Waals surface area contributed by atoms with E-state index < -0.39 is 0 Å². The lowest BCUT2D eigenvalue weighted by atomic mass is 9.84. The molecule has 2 rings (SSSR count). The molecular formula is C14H24BrN3. The van der Waals surface area contributed by atoms with Crippen molar-refractivity contribution in [2.75, 3.05) is 0 Å². The standard InChI is InChI=1S/C14H24BrN3/c1-10-14(15)13(18(2)17-10)9-12(16)8-11-6-4-3-5-7-11/h11-12H,3-9,16H2,1-2H3. The third-order valence-corrected chi connectivity index (χ3v) is 5.11. The second-order valence-electron chi connectivity index (χ2n) is 5.67. The second-order valence-corrected chi connectivity index (χ2v) is 6.47. The van der Waals surface area contributed by atoms with Crippen LogP contribution >= 0.6 is 15.9 Å². The summed E-state index contributed by atoms with van der Waals surface area (Å²) in [7, 11) is 2.00. The Morgan fingerprint density at radius 2 is 2.06 bits per heavy atom. The van der Waals surface area contributed by atoms with Crippen LogP contribution in [0.4, 0.5) is 0 Å². The molecule has 0 spiro atoms. The lowest BCUT2D eigenvalue weighted by molar-refractivity contribution is 0.315. The van der Waals surface area contributed by atoms with Crippen molar-refractivity contribution in [1.29, 1.82) is 0 Å². The van der Waals surface area contributed by atoms with Crippen molar-refractivity contribution in [3.8, 4) is 0 Å². The van der Waals surface area contributed by atoms with Gasteiger partial charge in [0.25, 0.3) is 0 Å². The predicted octanol–water partition coefficient (Wildman–Crippen LogP) is 3.33. The Hall–Kier alpha value is -0.350. The number of nitrogens with two attached hydrogens (primary N) is 1. The zero-order chi connectivity index (χ0) is 13.1. The fourth-order valence-electron chi connectivity index (χ4n) is 3.08. The summed E-state index contributed by atoms with van der Waals surface area (Å²) in [5.74, 6) is 0.849. The third kappa shape index (κ3) is 3.35. The first-order valence-electron chi connectivity index (χ1n) is 7.01. The van der Waals surface area contributed by atoms with Gasteiger partial charge in [-0.05, 0) is 35.2 Å². The lowest BCUT2D eigenvalue weighted by Crippen LogP contribution is -2.28. The molecule has 1 unspecified atom stereocenters. The normalized spacial score (nSPS) is 19.1. The average Bonchev–Trinajstić information content (AvgIpc) is 2.57. The minimum absolute atomic E-state index is 0.263. The largest absolute Gasteiger partial charge is 0.327 e. The SMILES string of the molecule is Cc1nn(C)c(CC(N)CC2CCCCC2)c1Br. The zero-order valence-corrected chi connectivity index (χ0v) is 13.0. The summed E-state index contributed by atoms with van der Waals surface area (Å²) in [4.78, 5) is 0. The highest BCUT2D eigenvalue weighted by molar-refractivity contribution is 9.10. The highest BCUT2D eigenvalue weighted by Gasteiger charge is 2.19. The van der Waals surface area contributed by atoms with E-state index >= 15 is 0 Å². The minimum Gasteiger partial charge on any atom is -0.327 e. The van der Waals surface area contributed by atoms with E-state index in [-0.39, 0.29) is 6.04 Å². The molecule has 102 valence electrons. The number of nitrogens with zero attached hydrogens (tertiary/aromatic N) is 2. The molecule has 1 aliphatic rings. The van der Waals surface area contributed by atoms with Gasteiger partial charge in [-0.15, -0.1) is 0 Å². The maximum atomic E-state index is 6.32. The molecule has 1 atom stereocenters. The van der Waals surface area contributed by atoms with Crippen molar-refractivity contribution in [2.45, 2.75) is 57.9 Å². The molecule has 1 fully saturated rings. The predicted molar refractivity (Wildman–Crippen MR) is 78.5 cm³/mol. The molecule has 1 heterocycles. The molecular weight excluding hydrogens is 290 g/mol. The maximum absolute atomic E-state index is 6.32. The molecule has 3 nitrogen and oxygen atoms in total. The Balaban J connectivity index is 1.91. The highest BCUT2D eigenvalue weighted by Crippen LogP contribution is 2.28. The molecule has 0 saturated heterocycles. The Kier molecular flexibility index (Phi) is 4.84. The number of aryl methyl sites for hydroxylation is 2. The fourth-order valence-corrected chi connectivity index (χ4v) is 3.58. The Bertz CT molecular complexity index is 394. The van der Waals surface area contributed by atoms with E-state index in [0.29, 0.717) is 0 Å². The van der Waals surface area contributed by atoms with Crippen molar-refractivity contribution >= 4 is 15.9 Å². The molecule has 0 amide bonds. The van der Waals surface area contributed by atoms with E-state index in [9.17, 15) is 0 Å². The smallest absolute Gasteiger partial charge is 0.0738 e. The van der Waals surface area contributed by atoms with Crippen LogP contribution in [0.2, 0.25) is 0 Å². The third-order valence-electron chi connectivity index (χ3n) is 4.08. The van der Waals surface area contributed by atoms with Crippen LogP contribution in [0.5, 0.6) is 0 Å². The van der Waals surface area contributed by atoms with Gasteiger partial charge in [-0.1, -0.05) is 32.1 Å². The van der Waals surface area contributed by atoms with Crippen LogP contribution in [0.1, 0.15) is 49.9 Å². The summed E-state index contributed by atoms with van der Waals surface area (Å²) in [6, 6.07) is 0.263. The molecule has 18 heavy (non-hydrogen) atoms. The summed E-state index contributed by atoms with van der Waals surface area (Å²) in [5.41, 5.74) is 8.61. The molecule has 1 saturated carbocycles. The van der Waals surface area contributed by atoms with Crippen LogP contribution in [0, 0.1) is 12.8 Å². The van der Waals surface area contributed by atoms with Crippen LogP contribution in [-0.4, -0.2) is 15.8 Å². The van der Waals surface area contributed by atoms with Crippen LogP contribution in [-0.2, 0) is 13.5 Å². The van der Waals surface area contributed by atoms with Gasteiger partial charge in [-0.3, -0.25) is 4.68 Å². The monoisotopic (exact) mass is 313 g/mol. The molecule has 0 aromatic carbocycles. The molecule has 1 aliphatic carbocycles. The summed E-state index contributed by atoms with van der Waals surface area (Å²) in [6.07, 6.45) is 9.04. The first kappa shape index (κ1) is 14.1. The van der Waals surface area contributed by atoms with Crippen LogP contribution < -0.4 is 5.73 Å². The second kappa shape index (κ2) is 6.20. The summed E-state index contributed by atoms with van der Waals surface area (Å²) < 4.78 is 3.09. The molecule has 1 aromatic heterocycles. The topological polar surface area (TPSA) is 43.8 Å². The molecule has 0 radical (unpaired) electrons. The zero-order valence-electron chi connectivity index (χ0n) is 11.5. The van der Waals surface area contributed by atoms with E-state index in [1.807, 2.05) is 18.7 Å². The number of rotatable bonds is 4. The van der Waals surface area contributed by atoms with E-state index in [1.165, 1.54) is 37.8 Å². The van der Waals surface area contributed by atoms with Gasteiger partial charge in [-0.2, -0.15) is 5.10 Å². The summed E-state index contributed by atoms with van der Waals surface area (Å²) >= 11 is 3.62. The highest BCUT2D eigenvalue weighted by atomic mass is 79.9. The van der Waals surface area contributed by atoms with Gasteiger partial charge >= 0.3 is 0 Å². The van der Waals surface area contributed by atoms with Crippen molar-refractivity contribution in [3.05, 3.63) is 15.9 Å². The van der Waals surface area contributed by atoms with Gasteiger partial charge in [0, 0.05) is 19.5 Å². The quantitative estimate of drug-likeness (QED) is 0.926. The van der Waals surface area contributed by atoms with Crippen molar-refractivity contribution in [2.24, 2.45) is 18.7 Å². The van der Waals surface area contributed by atoms with Gasteiger partial charge in [0.05, 0.1) is 15.9 Å². The molecule has 1 aromatic rings. The minimum atomic E-state index is 0.263. The summed E-state index contributed by atoms with van der Waals surface area (Å²) in [6.45, 7) is 2.03. The number of hydrogen-bond acceptors (Lipinski definition) is 2. The fraction of sp³-hybridized carbons (Fsp3) is 0.786. The van der Waals surface area contributed by atoms with E-state index in [0.717, 1.165) is 28.9 Å². The Morgan fingerprint density at radius 3 is 2.61 bits per heavy atom. The number of aromatic nitrogens is 2. The number of hydrogen-bond donors (Lipinski definition) is 1. The Labute approximate surface area is 118 Å². The van der Waals surface area contributed by atoms with Gasteiger partial charge in [-0.25, -0.2) is 0 Å². The van der Waals surface area contributed by atoms with Crippen LogP contribution in [0.25, 0.3) is 0 Å². The van der Waals surface area contributed by atoms with E-state index in [2.05, 4.69) is 21.0 Å². The number of halogens is 1. The van der Waals surface area contributed by atoms with Crippen molar-refractivity contribution < 1.29 is 0 Å².